The minimum atomic E-state index is -4.28. The lowest BCUT2D eigenvalue weighted by molar-refractivity contribution is -0.137. The van der Waals surface area contributed by atoms with Gasteiger partial charge in [-0.05, 0) is 37.0 Å². The number of ketones is 1. The number of hydrogen-bond acceptors (Lipinski definition) is 1. The van der Waals surface area contributed by atoms with Crippen molar-refractivity contribution in [3.05, 3.63) is 35.4 Å². The van der Waals surface area contributed by atoms with Gasteiger partial charge in [-0.25, -0.2) is 0 Å². The average Bonchev–Trinajstić information content (AvgIpc) is 2.29. The Hall–Kier alpha value is -1.32. The number of rotatable bonds is 6. The van der Waals surface area contributed by atoms with Gasteiger partial charge in [0.1, 0.15) is 5.78 Å². The molecule has 18 heavy (non-hydrogen) atoms. The van der Waals surface area contributed by atoms with Gasteiger partial charge in [0, 0.05) is 12.8 Å². The lowest BCUT2D eigenvalue weighted by Gasteiger charge is -2.07. The van der Waals surface area contributed by atoms with Crippen LogP contribution in [0, 0.1) is 0 Å². The molecule has 0 aliphatic heterocycles. The summed E-state index contributed by atoms with van der Waals surface area (Å²) in [5.74, 6) is 0.226. The Balaban J connectivity index is 2.42. The molecule has 0 spiro atoms. The summed E-state index contributed by atoms with van der Waals surface area (Å²) in [6.07, 6.45) is -0.992. The largest absolute Gasteiger partial charge is 0.416 e. The van der Waals surface area contributed by atoms with Gasteiger partial charge in [-0.3, -0.25) is 4.79 Å². The maximum atomic E-state index is 12.3. The molecule has 0 radical (unpaired) electrons. The molecular formula is C14H17F3O. The SMILES string of the molecule is CCCC(=O)CCCc1ccc(C(F)(F)F)cc1. The van der Waals surface area contributed by atoms with E-state index < -0.39 is 11.7 Å². The van der Waals surface area contributed by atoms with Crippen molar-refractivity contribution in [1.29, 1.82) is 0 Å². The van der Waals surface area contributed by atoms with Gasteiger partial charge in [0.15, 0.2) is 0 Å². The molecule has 1 aromatic carbocycles. The maximum absolute atomic E-state index is 12.3. The molecule has 0 N–H and O–H groups in total. The molecule has 0 atom stereocenters. The quantitative estimate of drug-likeness (QED) is 0.739. The van der Waals surface area contributed by atoms with E-state index in [0.29, 0.717) is 25.7 Å². The lowest BCUT2D eigenvalue weighted by Crippen LogP contribution is -2.04. The van der Waals surface area contributed by atoms with Crippen LogP contribution in [0.5, 0.6) is 0 Å². The van der Waals surface area contributed by atoms with Crippen LogP contribution in [0.25, 0.3) is 0 Å². The molecule has 0 unspecified atom stereocenters. The van der Waals surface area contributed by atoms with E-state index in [4.69, 9.17) is 0 Å². The Bertz CT molecular complexity index is 379. The Morgan fingerprint density at radius 2 is 1.72 bits per heavy atom. The van der Waals surface area contributed by atoms with Gasteiger partial charge in [-0.2, -0.15) is 13.2 Å². The smallest absolute Gasteiger partial charge is 0.300 e. The van der Waals surface area contributed by atoms with Gasteiger partial charge in [0.05, 0.1) is 5.56 Å². The average molecular weight is 258 g/mol. The number of benzene rings is 1. The Morgan fingerprint density at radius 1 is 1.11 bits per heavy atom. The molecule has 1 rings (SSSR count). The molecule has 0 fully saturated rings. The first-order valence-corrected chi connectivity index (χ1v) is 6.11. The number of carbonyl (C=O) groups is 1. The van der Waals surface area contributed by atoms with Crippen molar-refractivity contribution in [3.63, 3.8) is 0 Å². The van der Waals surface area contributed by atoms with Crippen molar-refractivity contribution in [3.8, 4) is 0 Å². The third-order valence-corrected chi connectivity index (χ3v) is 2.73. The summed E-state index contributed by atoms with van der Waals surface area (Å²) in [5, 5.41) is 0. The fourth-order valence-electron chi connectivity index (χ4n) is 1.75. The number of alkyl halides is 3. The molecular weight excluding hydrogens is 241 g/mol. The summed E-state index contributed by atoms with van der Waals surface area (Å²) >= 11 is 0. The fourth-order valence-corrected chi connectivity index (χ4v) is 1.75. The molecule has 0 amide bonds. The summed E-state index contributed by atoms with van der Waals surface area (Å²) in [6, 6.07) is 5.13. The summed E-state index contributed by atoms with van der Waals surface area (Å²) in [5.41, 5.74) is 0.209. The van der Waals surface area contributed by atoms with E-state index in [1.807, 2.05) is 6.92 Å². The fraction of sp³-hybridized carbons (Fsp3) is 0.500. The van der Waals surface area contributed by atoms with Crippen molar-refractivity contribution in [2.24, 2.45) is 0 Å². The van der Waals surface area contributed by atoms with E-state index in [1.165, 1.54) is 12.1 Å². The van der Waals surface area contributed by atoms with Gasteiger partial charge >= 0.3 is 6.18 Å². The van der Waals surface area contributed by atoms with Crippen LogP contribution in [-0.2, 0) is 17.4 Å². The Kier molecular flexibility index (Phi) is 5.38. The van der Waals surface area contributed by atoms with Crippen LogP contribution in [0.3, 0.4) is 0 Å². The first-order valence-electron chi connectivity index (χ1n) is 6.11. The van der Waals surface area contributed by atoms with E-state index >= 15 is 0 Å². The normalized spacial score (nSPS) is 11.6. The lowest BCUT2D eigenvalue weighted by atomic mass is 10.0. The number of Topliss-reactive ketones (excluding diaryl/α,β-unsaturated/α-hetero) is 1. The van der Waals surface area contributed by atoms with Gasteiger partial charge in [-0.15, -0.1) is 0 Å². The van der Waals surface area contributed by atoms with Crippen LogP contribution in [0.2, 0.25) is 0 Å². The highest BCUT2D eigenvalue weighted by molar-refractivity contribution is 5.78. The molecule has 1 aromatic rings. The predicted octanol–water partition coefficient (Wildman–Crippen LogP) is 4.40. The van der Waals surface area contributed by atoms with Crippen molar-refractivity contribution in [2.45, 2.75) is 45.2 Å². The van der Waals surface area contributed by atoms with Crippen LogP contribution in [-0.4, -0.2) is 5.78 Å². The summed E-state index contributed by atoms with van der Waals surface area (Å²) in [7, 11) is 0. The zero-order valence-electron chi connectivity index (χ0n) is 10.4. The first-order chi connectivity index (χ1) is 8.43. The highest BCUT2D eigenvalue weighted by atomic mass is 19.4. The standard InChI is InChI=1S/C14H17F3O/c1-2-4-13(18)6-3-5-11-7-9-12(10-8-11)14(15,16)17/h7-10H,2-6H2,1H3. The molecule has 100 valence electrons. The van der Waals surface area contributed by atoms with E-state index in [0.717, 1.165) is 24.1 Å². The van der Waals surface area contributed by atoms with E-state index in [1.54, 1.807) is 0 Å². The molecule has 0 heterocycles. The molecule has 0 aliphatic carbocycles. The molecule has 0 aromatic heterocycles. The third kappa shape index (κ3) is 4.90. The second kappa shape index (κ2) is 6.57. The van der Waals surface area contributed by atoms with Gasteiger partial charge < -0.3 is 0 Å². The van der Waals surface area contributed by atoms with Crippen molar-refractivity contribution < 1.29 is 18.0 Å². The van der Waals surface area contributed by atoms with Gasteiger partial charge in [0.25, 0.3) is 0 Å². The summed E-state index contributed by atoms with van der Waals surface area (Å²) in [4.78, 5) is 11.3. The van der Waals surface area contributed by atoms with E-state index in [2.05, 4.69) is 0 Å². The molecule has 0 aliphatic rings. The van der Waals surface area contributed by atoms with Crippen LogP contribution in [0.1, 0.15) is 43.7 Å². The van der Waals surface area contributed by atoms with Crippen LogP contribution < -0.4 is 0 Å². The zero-order chi connectivity index (χ0) is 13.6. The van der Waals surface area contributed by atoms with E-state index in [9.17, 15) is 18.0 Å². The summed E-state index contributed by atoms with van der Waals surface area (Å²) < 4.78 is 37.0. The second-order valence-electron chi connectivity index (χ2n) is 4.34. The molecule has 4 heteroatoms. The van der Waals surface area contributed by atoms with Crippen LogP contribution >= 0.6 is 0 Å². The predicted molar refractivity (Wildman–Crippen MR) is 64.3 cm³/mol. The minimum Gasteiger partial charge on any atom is -0.300 e. The second-order valence-corrected chi connectivity index (χ2v) is 4.34. The number of carbonyl (C=O) groups excluding carboxylic acids is 1. The molecule has 0 saturated heterocycles. The monoisotopic (exact) mass is 258 g/mol. The molecule has 0 bridgehead atoms. The van der Waals surface area contributed by atoms with Crippen LogP contribution in [0.15, 0.2) is 24.3 Å². The first kappa shape index (κ1) is 14.7. The highest BCUT2D eigenvalue weighted by Crippen LogP contribution is 2.29. The van der Waals surface area contributed by atoms with Crippen molar-refractivity contribution in [1.82, 2.24) is 0 Å². The van der Waals surface area contributed by atoms with Gasteiger partial charge in [-0.1, -0.05) is 19.1 Å². The third-order valence-electron chi connectivity index (χ3n) is 2.73. The molecule has 0 saturated carbocycles. The van der Waals surface area contributed by atoms with E-state index in [-0.39, 0.29) is 5.78 Å². The number of aryl methyl sites for hydroxylation is 1. The Morgan fingerprint density at radius 3 is 2.22 bits per heavy atom. The zero-order valence-corrected chi connectivity index (χ0v) is 10.4. The van der Waals surface area contributed by atoms with Crippen LogP contribution in [0.4, 0.5) is 13.2 Å². The molecule has 1 nitrogen and oxygen atoms in total. The minimum absolute atomic E-state index is 0.226. The van der Waals surface area contributed by atoms with Crippen molar-refractivity contribution in [2.75, 3.05) is 0 Å². The maximum Gasteiger partial charge on any atom is 0.416 e. The highest BCUT2D eigenvalue weighted by Gasteiger charge is 2.29. The summed E-state index contributed by atoms with van der Waals surface area (Å²) in [6.45, 7) is 1.95. The number of halogens is 3. The topological polar surface area (TPSA) is 17.1 Å². The van der Waals surface area contributed by atoms with Crippen molar-refractivity contribution >= 4 is 5.78 Å². The number of hydrogen-bond donors (Lipinski definition) is 0. The van der Waals surface area contributed by atoms with Gasteiger partial charge in [0.2, 0.25) is 0 Å². The Labute approximate surface area is 105 Å².